The van der Waals surface area contributed by atoms with Crippen LogP contribution >= 0.6 is 0 Å². The molecule has 0 aliphatic heterocycles. The molecule has 1 N–H and O–H groups in total. The number of hydrogen-bond acceptors (Lipinski definition) is 6. The summed E-state index contributed by atoms with van der Waals surface area (Å²) in [6.07, 6.45) is 4.01. The normalized spacial score (nSPS) is 13.4. The average molecular weight is 314 g/mol. The molecule has 7 heteroatoms. The molecule has 120 valence electrons. The minimum Gasteiger partial charge on any atom is -0.444 e. The number of hydrogen-bond donors (Lipinski definition) is 1. The number of carbonyl (C=O) groups is 1. The number of rotatable bonds is 3. The third kappa shape index (κ3) is 3.56. The van der Waals surface area contributed by atoms with Gasteiger partial charge in [-0.2, -0.15) is 4.98 Å². The lowest BCUT2D eigenvalue weighted by Crippen LogP contribution is -2.32. The van der Waals surface area contributed by atoms with Crippen molar-refractivity contribution >= 4 is 11.7 Å². The van der Waals surface area contributed by atoms with Gasteiger partial charge in [-0.3, -0.25) is 4.98 Å². The monoisotopic (exact) mass is 314 g/mol. The maximum Gasteiger partial charge on any atom is 0.408 e. The van der Waals surface area contributed by atoms with Crippen LogP contribution in [-0.2, 0) is 17.7 Å². The SMILES string of the molecule is CC(C)(C)OC(=O)NCc1noc(C2=CCc3ncccc32)n1. The van der Waals surface area contributed by atoms with Crippen molar-refractivity contribution in [3.63, 3.8) is 0 Å². The van der Waals surface area contributed by atoms with E-state index in [4.69, 9.17) is 9.26 Å². The van der Waals surface area contributed by atoms with Crippen molar-refractivity contribution in [2.24, 2.45) is 0 Å². The van der Waals surface area contributed by atoms with E-state index in [2.05, 4.69) is 20.4 Å². The van der Waals surface area contributed by atoms with Crippen molar-refractivity contribution < 1.29 is 14.1 Å². The standard InChI is InChI=1S/C16H18N4O3/c1-16(2,3)22-15(21)18-9-13-19-14(23-20-13)11-6-7-12-10(11)5-4-8-17-12/h4-6,8H,7,9H2,1-3H3,(H,18,21). The van der Waals surface area contributed by atoms with E-state index in [1.807, 2.05) is 18.2 Å². The van der Waals surface area contributed by atoms with Gasteiger partial charge in [-0.15, -0.1) is 0 Å². The number of nitrogens with one attached hydrogen (secondary N) is 1. The molecule has 0 bridgehead atoms. The number of ether oxygens (including phenoxy) is 1. The zero-order valence-electron chi connectivity index (χ0n) is 13.3. The summed E-state index contributed by atoms with van der Waals surface area (Å²) < 4.78 is 10.4. The molecule has 0 saturated heterocycles. The highest BCUT2D eigenvalue weighted by molar-refractivity contribution is 5.80. The Labute approximate surface area is 133 Å². The van der Waals surface area contributed by atoms with E-state index in [-0.39, 0.29) is 6.54 Å². The molecule has 0 spiro atoms. The first-order chi connectivity index (χ1) is 10.9. The van der Waals surface area contributed by atoms with Crippen LogP contribution in [0.3, 0.4) is 0 Å². The molecule has 7 nitrogen and oxygen atoms in total. The van der Waals surface area contributed by atoms with Crippen LogP contribution in [0, 0.1) is 0 Å². The van der Waals surface area contributed by atoms with E-state index >= 15 is 0 Å². The first-order valence-corrected chi connectivity index (χ1v) is 7.36. The molecule has 2 aromatic heterocycles. The molecular formula is C16H18N4O3. The highest BCUT2D eigenvalue weighted by atomic mass is 16.6. The largest absolute Gasteiger partial charge is 0.444 e. The Morgan fingerprint density at radius 3 is 3.04 bits per heavy atom. The summed E-state index contributed by atoms with van der Waals surface area (Å²) in [7, 11) is 0. The zero-order chi connectivity index (χ0) is 16.4. The first kappa shape index (κ1) is 15.2. The molecule has 1 amide bonds. The summed E-state index contributed by atoms with van der Waals surface area (Å²) in [5.74, 6) is 0.821. The summed E-state index contributed by atoms with van der Waals surface area (Å²) in [5, 5.41) is 6.49. The van der Waals surface area contributed by atoms with Gasteiger partial charge in [0.1, 0.15) is 5.60 Å². The number of allylic oxidation sites excluding steroid dienone is 1. The smallest absolute Gasteiger partial charge is 0.408 e. The molecule has 2 heterocycles. The van der Waals surface area contributed by atoms with Gasteiger partial charge in [0, 0.05) is 23.8 Å². The van der Waals surface area contributed by atoms with Crippen molar-refractivity contribution in [1.29, 1.82) is 0 Å². The summed E-state index contributed by atoms with van der Waals surface area (Å²) >= 11 is 0. The van der Waals surface area contributed by atoms with Crippen LogP contribution < -0.4 is 5.32 Å². The van der Waals surface area contributed by atoms with Gasteiger partial charge in [-0.25, -0.2) is 4.79 Å². The van der Waals surface area contributed by atoms with Gasteiger partial charge in [0.15, 0.2) is 5.82 Å². The van der Waals surface area contributed by atoms with E-state index in [0.29, 0.717) is 11.7 Å². The van der Waals surface area contributed by atoms with Crippen LogP contribution in [0.25, 0.3) is 5.57 Å². The quantitative estimate of drug-likeness (QED) is 0.936. The first-order valence-electron chi connectivity index (χ1n) is 7.36. The van der Waals surface area contributed by atoms with Crippen molar-refractivity contribution in [2.75, 3.05) is 0 Å². The van der Waals surface area contributed by atoms with E-state index < -0.39 is 11.7 Å². The molecule has 1 aliphatic rings. The molecule has 0 radical (unpaired) electrons. The molecule has 0 atom stereocenters. The Morgan fingerprint density at radius 1 is 1.43 bits per heavy atom. The second-order valence-corrected chi connectivity index (χ2v) is 6.19. The number of carbonyl (C=O) groups excluding carboxylic acids is 1. The summed E-state index contributed by atoms with van der Waals surface area (Å²) in [6.45, 7) is 5.55. The number of nitrogens with zero attached hydrogens (tertiary/aromatic N) is 3. The van der Waals surface area contributed by atoms with E-state index in [0.717, 1.165) is 23.3 Å². The number of pyridine rings is 1. The Hall–Kier alpha value is -2.70. The van der Waals surface area contributed by atoms with Gasteiger partial charge in [0.25, 0.3) is 5.89 Å². The fourth-order valence-electron chi connectivity index (χ4n) is 2.26. The lowest BCUT2D eigenvalue weighted by Gasteiger charge is -2.19. The van der Waals surface area contributed by atoms with Crippen LogP contribution in [0.5, 0.6) is 0 Å². The van der Waals surface area contributed by atoms with Crippen LogP contribution in [0.1, 0.15) is 43.7 Å². The molecule has 3 rings (SSSR count). The van der Waals surface area contributed by atoms with E-state index in [9.17, 15) is 4.79 Å². The fourth-order valence-corrected chi connectivity index (χ4v) is 2.26. The number of alkyl carbamates (subject to hydrolysis) is 1. The molecule has 23 heavy (non-hydrogen) atoms. The van der Waals surface area contributed by atoms with Crippen LogP contribution in [0.2, 0.25) is 0 Å². The molecule has 1 aliphatic carbocycles. The van der Waals surface area contributed by atoms with E-state index in [1.54, 1.807) is 27.0 Å². The number of amides is 1. The van der Waals surface area contributed by atoms with Gasteiger partial charge in [0.2, 0.25) is 0 Å². The summed E-state index contributed by atoms with van der Waals surface area (Å²) in [5.41, 5.74) is 2.33. The predicted octanol–water partition coefficient (Wildman–Crippen LogP) is 2.48. The second-order valence-electron chi connectivity index (χ2n) is 6.19. The number of aromatic nitrogens is 3. The number of fused-ring (bicyclic) bond motifs is 1. The minimum atomic E-state index is -0.544. The Balaban J connectivity index is 1.65. The highest BCUT2D eigenvalue weighted by Gasteiger charge is 2.22. The highest BCUT2D eigenvalue weighted by Crippen LogP contribution is 2.30. The lowest BCUT2D eigenvalue weighted by atomic mass is 10.1. The maximum absolute atomic E-state index is 11.6. The predicted molar refractivity (Wildman–Crippen MR) is 82.4 cm³/mol. The van der Waals surface area contributed by atoms with Crippen LogP contribution in [0.4, 0.5) is 4.79 Å². The molecule has 2 aromatic rings. The van der Waals surface area contributed by atoms with Crippen molar-refractivity contribution in [3.05, 3.63) is 47.4 Å². The van der Waals surface area contributed by atoms with Gasteiger partial charge in [0.05, 0.1) is 12.2 Å². The van der Waals surface area contributed by atoms with Crippen molar-refractivity contribution in [1.82, 2.24) is 20.4 Å². The van der Waals surface area contributed by atoms with Gasteiger partial charge >= 0.3 is 6.09 Å². The summed E-state index contributed by atoms with van der Waals surface area (Å²) in [4.78, 5) is 20.3. The van der Waals surface area contributed by atoms with Crippen LogP contribution in [0.15, 0.2) is 28.9 Å². The van der Waals surface area contributed by atoms with Gasteiger partial charge in [-0.05, 0) is 26.8 Å². The van der Waals surface area contributed by atoms with Crippen molar-refractivity contribution in [2.45, 2.75) is 39.3 Å². The van der Waals surface area contributed by atoms with Gasteiger partial charge in [-0.1, -0.05) is 17.3 Å². The van der Waals surface area contributed by atoms with Gasteiger partial charge < -0.3 is 14.6 Å². The molecule has 0 aromatic carbocycles. The molecule has 0 unspecified atom stereocenters. The minimum absolute atomic E-state index is 0.144. The second kappa shape index (κ2) is 5.83. The molecule has 0 saturated carbocycles. The fraction of sp³-hybridized carbons (Fsp3) is 0.375. The lowest BCUT2D eigenvalue weighted by molar-refractivity contribution is 0.0522. The van der Waals surface area contributed by atoms with Crippen LogP contribution in [-0.4, -0.2) is 26.8 Å². The summed E-state index contributed by atoms with van der Waals surface area (Å²) in [6, 6.07) is 3.85. The Bertz CT molecular complexity index is 759. The Morgan fingerprint density at radius 2 is 2.26 bits per heavy atom. The average Bonchev–Trinajstić information content (AvgIpc) is 3.09. The third-order valence-electron chi connectivity index (χ3n) is 3.17. The molecular weight excluding hydrogens is 296 g/mol. The van der Waals surface area contributed by atoms with Crippen molar-refractivity contribution in [3.8, 4) is 0 Å². The topological polar surface area (TPSA) is 90.1 Å². The Kier molecular flexibility index (Phi) is 3.85. The maximum atomic E-state index is 11.6. The van der Waals surface area contributed by atoms with E-state index in [1.165, 1.54) is 0 Å². The zero-order valence-corrected chi connectivity index (χ0v) is 13.3. The molecule has 0 fully saturated rings. The third-order valence-corrected chi connectivity index (χ3v) is 3.17.